The van der Waals surface area contributed by atoms with Gasteiger partial charge < -0.3 is 0 Å². The van der Waals surface area contributed by atoms with Crippen LogP contribution in [-0.4, -0.2) is 19.9 Å². The van der Waals surface area contributed by atoms with Crippen LogP contribution in [0.25, 0.3) is 97.4 Å². The molecule has 0 aliphatic rings. The minimum Gasteiger partial charge on any atom is -0.236 e. The zero-order chi connectivity index (χ0) is 34.4. The average Bonchev–Trinajstić information content (AvgIpc) is 3.83. The summed E-state index contributed by atoms with van der Waals surface area (Å²) in [4.78, 5) is 19.9. The van der Waals surface area contributed by atoms with Gasteiger partial charge in [0.2, 0.25) is 0 Å². The number of rotatable bonds is 6. The maximum absolute atomic E-state index is 5.16. The van der Waals surface area contributed by atoms with Crippen LogP contribution in [0.3, 0.4) is 0 Å². The second kappa shape index (κ2) is 12.8. The Morgan fingerprint density at radius 2 is 0.827 bits per heavy atom. The molecule has 6 heteroatoms. The highest BCUT2D eigenvalue weighted by Crippen LogP contribution is 2.44. The zero-order valence-corrected chi connectivity index (χ0v) is 29.4. The van der Waals surface area contributed by atoms with Crippen LogP contribution in [0.4, 0.5) is 0 Å². The highest BCUT2D eigenvalue weighted by atomic mass is 32.1. The Hall–Kier alpha value is -6.34. The molecule has 0 fully saturated rings. The molecule has 0 bridgehead atoms. The molecule has 0 saturated heterocycles. The fourth-order valence-corrected chi connectivity index (χ4v) is 9.15. The number of fused-ring (bicyclic) bond motifs is 4. The summed E-state index contributed by atoms with van der Waals surface area (Å²) in [6.45, 7) is 0. The van der Waals surface area contributed by atoms with Crippen LogP contribution in [-0.2, 0) is 0 Å². The van der Waals surface area contributed by atoms with Crippen LogP contribution < -0.4 is 0 Å². The molecule has 0 saturated carbocycles. The lowest BCUT2D eigenvalue weighted by molar-refractivity contribution is 1.07. The van der Waals surface area contributed by atoms with Gasteiger partial charge in [0, 0.05) is 42.4 Å². The van der Waals surface area contributed by atoms with Gasteiger partial charge in [-0.05, 0) is 46.5 Å². The molecule has 3 heterocycles. The third-order valence-corrected chi connectivity index (χ3v) is 11.7. The van der Waals surface area contributed by atoms with Crippen LogP contribution in [0.1, 0.15) is 0 Å². The van der Waals surface area contributed by atoms with Crippen molar-refractivity contribution in [3.05, 3.63) is 170 Å². The van der Waals surface area contributed by atoms with Gasteiger partial charge in [0.15, 0.2) is 17.5 Å². The number of aromatic nitrogens is 4. The first kappa shape index (κ1) is 30.5. The second-order valence-corrected chi connectivity index (χ2v) is 14.7. The molecule has 10 aromatic rings. The normalized spacial score (nSPS) is 11.5. The quantitative estimate of drug-likeness (QED) is 0.173. The van der Waals surface area contributed by atoms with E-state index in [1.54, 1.807) is 11.3 Å². The van der Waals surface area contributed by atoms with Gasteiger partial charge in [-0.2, -0.15) is 0 Å². The first-order valence-electron chi connectivity index (χ1n) is 17.1. The summed E-state index contributed by atoms with van der Waals surface area (Å²) in [6, 6.07) is 59.2. The molecule has 4 nitrogen and oxygen atoms in total. The highest BCUT2D eigenvalue weighted by molar-refractivity contribution is 7.27. The van der Waals surface area contributed by atoms with E-state index in [4.69, 9.17) is 19.9 Å². The Balaban J connectivity index is 1.04. The molecular formula is C46H28N4S2. The Labute approximate surface area is 308 Å². The second-order valence-electron chi connectivity index (χ2n) is 12.7. The maximum atomic E-state index is 5.16. The Morgan fingerprint density at radius 1 is 0.327 bits per heavy atom. The van der Waals surface area contributed by atoms with Gasteiger partial charge >= 0.3 is 0 Å². The van der Waals surface area contributed by atoms with Crippen LogP contribution in [0.2, 0.25) is 0 Å². The number of hydrogen-bond donors (Lipinski definition) is 0. The molecule has 0 radical (unpaired) electrons. The minimum atomic E-state index is 0.623. The van der Waals surface area contributed by atoms with E-state index in [9.17, 15) is 0 Å². The molecular weight excluding hydrogens is 673 g/mol. The predicted octanol–water partition coefficient (Wildman–Crippen LogP) is 12.9. The van der Waals surface area contributed by atoms with Gasteiger partial charge in [-0.15, -0.1) is 22.7 Å². The summed E-state index contributed by atoms with van der Waals surface area (Å²) < 4.78 is 3.73. The molecule has 10 rings (SSSR count). The van der Waals surface area contributed by atoms with Crippen molar-refractivity contribution in [2.75, 3.05) is 0 Å². The minimum absolute atomic E-state index is 0.623. The van der Waals surface area contributed by atoms with Crippen molar-refractivity contribution in [1.82, 2.24) is 19.9 Å². The van der Waals surface area contributed by atoms with Crippen LogP contribution in [0.15, 0.2) is 170 Å². The van der Waals surface area contributed by atoms with E-state index < -0.39 is 0 Å². The average molecular weight is 701 g/mol. The smallest absolute Gasteiger partial charge is 0.164 e. The Kier molecular flexibility index (Phi) is 7.48. The van der Waals surface area contributed by atoms with Crippen molar-refractivity contribution in [3.63, 3.8) is 0 Å². The Bertz CT molecular complexity index is 2840. The third kappa shape index (κ3) is 5.46. The molecule has 0 atom stereocenters. The SMILES string of the molecule is c1ccc(-c2nc(-c3ccccc3)nc(-c3ccc4sc(-c5cccc(-c6cccc7c6sc6c(-c8ccccc8)cccc67)c5)nc4c3)n2)cc1. The monoisotopic (exact) mass is 700 g/mol. The fraction of sp³-hybridized carbons (Fsp3) is 0. The maximum Gasteiger partial charge on any atom is 0.164 e. The number of thiophene rings is 1. The van der Waals surface area contributed by atoms with E-state index in [0.717, 1.165) is 37.5 Å². The number of benzene rings is 7. The van der Waals surface area contributed by atoms with Gasteiger partial charge in [0.05, 0.1) is 10.2 Å². The van der Waals surface area contributed by atoms with Gasteiger partial charge in [-0.3, -0.25) is 0 Å². The van der Waals surface area contributed by atoms with Crippen LogP contribution >= 0.6 is 22.7 Å². The molecule has 0 spiro atoms. The third-order valence-electron chi connectivity index (χ3n) is 9.37. The Morgan fingerprint density at radius 3 is 1.44 bits per heavy atom. The molecule has 0 N–H and O–H groups in total. The van der Waals surface area contributed by atoms with Gasteiger partial charge in [0.25, 0.3) is 0 Å². The number of nitrogens with zero attached hydrogens (tertiary/aromatic N) is 4. The topological polar surface area (TPSA) is 51.6 Å². The molecule has 52 heavy (non-hydrogen) atoms. The van der Waals surface area contributed by atoms with E-state index in [-0.39, 0.29) is 0 Å². The lowest BCUT2D eigenvalue weighted by atomic mass is 9.99. The standard InChI is InChI=1S/C46H28N4S2/c1-4-13-29(14-5-1)35-21-11-23-37-38-24-12-22-36(42(38)52-41(35)37)32-19-10-20-34(27-32)46-47-39-28-33(25-26-40(39)51-46)45-49-43(30-15-6-2-7-16-30)48-44(50-45)31-17-8-3-9-18-31/h1-28H. The van der Waals surface area contributed by atoms with E-state index in [0.29, 0.717) is 17.5 Å². The summed E-state index contributed by atoms with van der Waals surface area (Å²) in [6.07, 6.45) is 0. The highest BCUT2D eigenvalue weighted by Gasteiger charge is 2.17. The molecule has 0 aliphatic carbocycles. The molecule has 3 aromatic heterocycles. The zero-order valence-electron chi connectivity index (χ0n) is 27.8. The van der Waals surface area contributed by atoms with Crippen LogP contribution in [0, 0.1) is 0 Å². The lowest BCUT2D eigenvalue weighted by Crippen LogP contribution is -2.00. The van der Waals surface area contributed by atoms with E-state index in [1.807, 2.05) is 72.0 Å². The van der Waals surface area contributed by atoms with Gasteiger partial charge in [0.1, 0.15) is 5.01 Å². The van der Waals surface area contributed by atoms with Gasteiger partial charge in [-0.1, -0.05) is 146 Å². The molecule has 7 aromatic carbocycles. The first-order chi connectivity index (χ1) is 25.7. The van der Waals surface area contributed by atoms with Crippen molar-refractivity contribution in [2.24, 2.45) is 0 Å². The molecule has 244 valence electrons. The first-order valence-corrected chi connectivity index (χ1v) is 18.8. The van der Waals surface area contributed by atoms with Crippen molar-refractivity contribution >= 4 is 53.1 Å². The fourth-order valence-electron chi connectivity index (χ4n) is 6.84. The molecule has 0 amide bonds. The van der Waals surface area contributed by atoms with E-state index in [2.05, 4.69) is 109 Å². The summed E-state index contributed by atoms with van der Waals surface area (Å²) in [5, 5.41) is 3.57. The lowest BCUT2D eigenvalue weighted by Gasteiger charge is -2.08. The van der Waals surface area contributed by atoms with Crippen molar-refractivity contribution in [1.29, 1.82) is 0 Å². The number of thiazole rings is 1. The largest absolute Gasteiger partial charge is 0.236 e. The molecule has 0 unspecified atom stereocenters. The predicted molar refractivity (Wildman–Crippen MR) is 219 cm³/mol. The summed E-state index contributed by atoms with van der Waals surface area (Å²) in [7, 11) is 0. The van der Waals surface area contributed by atoms with E-state index >= 15 is 0 Å². The van der Waals surface area contributed by atoms with Crippen molar-refractivity contribution < 1.29 is 0 Å². The molecule has 0 aliphatic heterocycles. The summed E-state index contributed by atoms with van der Waals surface area (Å²) in [5.74, 6) is 1.91. The summed E-state index contributed by atoms with van der Waals surface area (Å²) in [5.41, 5.74) is 9.76. The van der Waals surface area contributed by atoms with Gasteiger partial charge in [-0.25, -0.2) is 19.9 Å². The van der Waals surface area contributed by atoms with Crippen molar-refractivity contribution in [2.45, 2.75) is 0 Å². The number of hydrogen-bond acceptors (Lipinski definition) is 6. The summed E-state index contributed by atoms with van der Waals surface area (Å²) >= 11 is 3.58. The van der Waals surface area contributed by atoms with Crippen molar-refractivity contribution in [3.8, 4) is 67.0 Å². The van der Waals surface area contributed by atoms with E-state index in [1.165, 1.54) is 42.4 Å². The van der Waals surface area contributed by atoms with Crippen LogP contribution in [0.5, 0.6) is 0 Å².